The summed E-state index contributed by atoms with van der Waals surface area (Å²) in [6.45, 7) is 2.62. The third-order valence-electron chi connectivity index (χ3n) is 2.92. The molecule has 1 aliphatic heterocycles. The summed E-state index contributed by atoms with van der Waals surface area (Å²) in [5.41, 5.74) is 1.04. The van der Waals surface area contributed by atoms with Gasteiger partial charge in [-0.2, -0.15) is 0 Å². The lowest BCUT2D eigenvalue weighted by molar-refractivity contribution is 0.0651. The molecule has 3 nitrogen and oxygen atoms in total. The van der Waals surface area contributed by atoms with Crippen LogP contribution in [0.3, 0.4) is 0 Å². The molecule has 1 aromatic carbocycles. The maximum atomic E-state index is 12.0. The number of rotatable bonds is 4. The molecule has 1 heterocycles. The predicted molar refractivity (Wildman–Crippen MR) is 69.0 cm³/mol. The van der Waals surface area contributed by atoms with Crippen molar-refractivity contribution in [2.45, 2.75) is 26.2 Å². The van der Waals surface area contributed by atoms with Gasteiger partial charge in [-0.25, -0.2) is 0 Å². The number of nitrogens with zero attached hydrogens (tertiary/aromatic N) is 1. The topological polar surface area (TPSA) is 37.4 Å². The molecule has 0 aliphatic carbocycles. The molecule has 0 N–H and O–H groups in total. The molecule has 0 saturated carbocycles. The SMILES string of the molecule is CCCCCN1C(=O)c2ccc(Br)cc2C1=O. The standard InChI is InChI=1S/C13H14BrNO2/c1-2-3-4-7-15-12(16)10-6-5-9(14)8-11(10)13(15)17/h5-6,8H,2-4,7H2,1H3. The molecular weight excluding hydrogens is 282 g/mol. The number of unbranched alkanes of at least 4 members (excludes halogenated alkanes) is 2. The number of imide groups is 1. The van der Waals surface area contributed by atoms with Crippen molar-refractivity contribution in [3.8, 4) is 0 Å². The van der Waals surface area contributed by atoms with E-state index in [1.807, 2.05) is 0 Å². The molecule has 0 bridgehead atoms. The fraction of sp³-hybridized carbons (Fsp3) is 0.385. The third kappa shape index (κ3) is 2.27. The normalized spacial score (nSPS) is 14.4. The Labute approximate surface area is 109 Å². The van der Waals surface area contributed by atoms with E-state index in [1.54, 1.807) is 18.2 Å². The van der Waals surface area contributed by atoms with Crippen LogP contribution >= 0.6 is 15.9 Å². The van der Waals surface area contributed by atoms with Crippen LogP contribution in [0.4, 0.5) is 0 Å². The number of fused-ring (bicyclic) bond motifs is 1. The van der Waals surface area contributed by atoms with Crippen LogP contribution in [0.5, 0.6) is 0 Å². The van der Waals surface area contributed by atoms with Gasteiger partial charge in [0.15, 0.2) is 0 Å². The lowest BCUT2D eigenvalue weighted by Gasteiger charge is -2.12. The van der Waals surface area contributed by atoms with E-state index in [0.717, 1.165) is 23.7 Å². The van der Waals surface area contributed by atoms with Gasteiger partial charge in [0.25, 0.3) is 11.8 Å². The first-order valence-electron chi connectivity index (χ1n) is 5.81. The van der Waals surface area contributed by atoms with Gasteiger partial charge in [-0.1, -0.05) is 35.7 Å². The molecule has 0 saturated heterocycles. The molecule has 0 fully saturated rings. The molecular formula is C13H14BrNO2. The van der Waals surface area contributed by atoms with E-state index in [4.69, 9.17) is 0 Å². The van der Waals surface area contributed by atoms with Crippen molar-refractivity contribution in [2.75, 3.05) is 6.54 Å². The maximum absolute atomic E-state index is 12.0. The van der Waals surface area contributed by atoms with E-state index in [9.17, 15) is 9.59 Å². The first-order valence-corrected chi connectivity index (χ1v) is 6.60. The van der Waals surface area contributed by atoms with Crippen LogP contribution in [0.1, 0.15) is 46.9 Å². The van der Waals surface area contributed by atoms with Crippen LogP contribution in [-0.4, -0.2) is 23.3 Å². The van der Waals surface area contributed by atoms with Crippen LogP contribution in [0.2, 0.25) is 0 Å². The van der Waals surface area contributed by atoms with Crippen LogP contribution in [0, 0.1) is 0 Å². The van der Waals surface area contributed by atoms with Crippen molar-refractivity contribution in [3.63, 3.8) is 0 Å². The van der Waals surface area contributed by atoms with Gasteiger partial charge in [0, 0.05) is 11.0 Å². The van der Waals surface area contributed by atoms with E-state index in [2.05, 4.69) is 22.9 Å². The van der Waals surface area contributed by atoms with Crippen LogP contribution < -0.4 is 0 Å². The molecule has 1 aromatic rings. The zero-order chi connectivity index (χ0) is 12.4. The second-order valence-corrected chi connectivity index (χ2v) is 5.07. The van der Waals surface area contributed by atoms with Crippen molar-refractivity contribution < 1.29 is 9.59 Å². The molecule has 17 heavy (non-hydrogen) atoms. The molecule has 0 aromatic heterocycles. The summed E-state index contributed by atoms with van der Waals surface area (Å²) in [4.78, 5) is 25.4. The fourth-order valence-corrected chi connectivity index (χ4v) is 2.35. The molecule has 0 unspecified atom stereocenters. The molecule has 0 spiro atoms. The summed E-state index contributed by atoms with van der Waals surface area (Å²) in [5, 5.41) is 0. The number of benzene rings is 1. The van der Waals surface area contributed by atoms with Crippen LogP contribution in [0.25, 0.3) is 0 Å². The number of hydrogen-bond donors (Lipinski definition) is 0. The molecule has 90 valence electrons. The predicted octanol–water partition coefficient (Wildman–Crippen LogP) is 3.24. The van der Waals surface area contributed by atoms with E-state index in [0.29, 0.717) is 17.7 Å². The number of halogens is 1. The minimum Gasteiger partial charge on any atom is -0.274 e. The van der Waals surface area contributed by atoms with E-state index in [-0.39, 0.29) is 11.8 Å². The van der Waals surface area contributed by atoms with Gasteiger partial charge < -0.3 is 0 Å². The zero-order valence-electron chi connectivity index (χ0n) is 9.70. The van der Waals surface area contributed by atoms with Gasteiger partial charge in [0.2, 0.25) is 0 Å². The van der Waals surface area contributed by atoms with Gasteiger partial charge in [-0.05, 0) is 24.6 Å². The minimum absolute atomic E-state index is 0.159. The Hall–Kier alpha value is -1.16. The van der Waals surface area contributed by atoms with Crippen molar-refractivity contribution in [1.82, 2.24) is 4.90 Å². The largest absolute Gasteiger partial charge is 0.274 e. The Balaban J connectivity index is 2.20. The van der Waals surface area contributed by atoms with Gasteiger partial charge >= 0.3 is 0 Å². The highest BCUT2D eigenvalue weighted by atomic mass is 79.9. The van der Waals surface area contributed by atoms with E-state index < -0.39 is 0 Å². The summed E-state index contributed by atoms with van der Waals surface area (Å²) >= 11 is 3.31. The minimum atomic E-state index is -0.164. The van der Waals surface area contributed by atoms with Crippen molar-refractivity contribution in [3.05, 3.63) is 33.8 Å². The highest BCUT2D eigenvalue weighted by molar-refractivity contribution is 9.10. The second-order valence-electron chi connectivity index (χ2n) is 4.16. The summed E-state index contributed by atoms with van der Waals surface area (Å²) in [6, 6.07) is 5.22. The number of carbonyl (C=O) groups excluding carboxylic acids is 2. The molecule has 0 radical (unpaired) electrons. The zero-order valence-corrected chi connectivity index (χ0v) is 11.3. The maximum Gasteiger partial charge on any atom is 0.261 e. The smallest absolute Gasteiger partial charge is 0.261 e. The van der Waals surface area contributed by atoms with Crippen molar-refractivity contribution >= 4 is 27.7 Å². The Morgan fingerprint density at radius 3 is 2.53 bits per heavy atom. The quantitative estimate of drug-likeness (QED) is 0.632. The average Bonchev–Trinajstić information content (AvgIpc) is 2.54. The molecule has 2 rings (SSSR count). The van der Waals surface area contributed by atoms with Crippen LogP contribution in [-0.2, 0) is 0 Å². The van der Waals surface area contributed by atoms with Crippen LogP contribution in [0.15, 0.2) is 22.7 Å². The Morgan fingerprint density at radius 1 is 1.12 bits per heavy atom. The van der Waals surface area contributed by atoms with Gasteiger partial charge in [-0.15, -0.1) is 0 Å². The third-order valence-corrected chi connectivity index (χ3v) is 3.41. The highest BCUT2D eigenvalue weighted by Crippen LogP contribution is 2.26. The number of hydrogen-bond acceptors (Lipinski definition) is 2. The summed E-state index contributed by atoms with van der Waals surface area (Å²) in [7, 11) is 0. The van der Waals surface area contributed by atoms with Gasteiger partial charge in [0.05, 0.1) is 11.1 Å². The van der Waals surface area contributed by atoms with Crippen molar-refractivity contribution in [1.29, 1.82) is 0 Å². The number of amides is 2. The average molecular weight is 296 g/mol. The molecule has 2 amide bonds. The summed E-state index contributed by atoms with van der Waals surface area (Å²) < 4.78 is 0.827. The van der Waals surface area contributed by atoms with Crippen molar-refractivity contribution in [2.24, 2.45) is 0 Å². The molecule has 1 aliphatic rings. The Morgan fingerprint density at radius 2 is 1.82 bits per heavy atom. The Bertz CT molecular complexity index is 470. The second kappa shape index (κ2) is 5.00. The van der Waals surface area contributed by atoms with Gasteiger partial charge in [-0.3, -0.25) is 14.5 Å². The summed E-state index contributed by atoms with van der Waals surface area (Å²) in [5.74, 6) is -0.323. The van der Waals surface area contributed by atoms with E-state index in [1.165, 1.54) is 4.90 Å². The molecule has 4 heteroatoms. The number of carbonyl (C=O) groups is 2. The lowest BCUT2D eigenvalue weighted by Crippen LogP contribution is -2.30. The van der Waals surface area contributed by atoms with Gasteiger partial charge in [0.1, 0.15) is 0 Å². The fourth-order valence-electron chi connectivity index (χ4n) is 1.99. The monoisotopic (exact) mass is 295 g/mol. The highest BCUT2D eigenvalue weighted by Gasteiger charge is 2.34. The first kappa shape index (κ1) is 12.3. The summed E-state index contributed by atoms with van der Waals surface area (Å²) in [6.07, 6.45) is 2.99. The first-order chi connectivity index (χ1) is 8.15. The molecule has 0 atom stereocenters. The van der Waals surface area contributed by atoms with E-state index >= 15 is 0 Å². The Kier molecular flexibility index (Phi) is 3.62. The lowest BCUT2D eigenvalue weighted by atomic mass is 10.1.